The molecule has 0 spiro atoms. The van der Waals surface area contributed by atoms with Crippen LogP contribution in [0.1, 0.15) is 17.2 Å². The van der Waals surface area contributed by atoms with Gasteiger partial charge in [0, 0.05) is 28.0 Å². The van der Waals surface area contributed by atoms with E-state index in [1.165, 1.54) is 4.70 Å². The second-order valence-corrected chi connectivity index (χ2v) is 5.95. The van der Waals surface area contributed by atoms with Crippen molar-refractivity contribution in [2.24, 2.45) is 0 Å². The van der Waals surface area contributed by atoms with E-state index in [1.54, 1.807) is 17.5 Å². The number of nitrogens with zero attached hydrogens (tertiary/aromatic N) is 1. The predicted octanol–water partition coefficient (Wildman–Crippen LogP) is 4.53. The topological polar surface area (TPSA) is 33.1 Å². The summed E-state index contributed by atoms with van der Waals surface area (Å²) in [6.45, 7) is 0. The first kappa shape index (κ1) is 12.5. The lowest BCUT2D eigenvalue weighted by molar-refractivity contribution is 0.224. The minimum absolute atomic E-state index is 0.618. The first-order valence-corrected chi connectivity index (χ1v) is 7.69. The maximum atomic E-state index is 10.9. The maximum Gasteiger partial charge on any atom is 0.106 e. The molecule has 0 radical (unpaired) electrons. The van der Waals surface area contributed by atoms with Gasteiger partial charge in [0.1, 0.15) is 6.10 Å². The lowest BCUT2D eigenvalue weighted by atomic mass is 9.96. The molecular formula is C18H13NOS. The van der Waals surface area contributed by atoms with Gasteiger partial charge in [-0.05, 0) is 33.8 Å². The first-order valence-electron chi connectivity index (χ1n) is 6.81. The van der Waals surface area contributed by atoms with E-state index in [0.717, 1.165) is 27.3 Å². The molecule has 0 aliphatic rings. The van der Waals surface area contributed by atoms with Crippen LogP contribution in [0.5, 0.6) is 0 Å². The zero-order valence-corrected chi connectivity index (χ0v) is 12.0. The van der Waals surface area contributed by atoms with Crippen molar-refractivity contribution in [3.8, 4) is 0 Å². The molecule has 2 nitrogen and oxygen atoms in total. The Labute approximate surface area is 126 Å². The largest absolute Gasteiger partial charge is 0.384 e. The van der Waals surface area contributed by atoms with Crippen LogP contribution in [-0.4, -0.2) is 10.1 Å². The highest BCUT2D eigenvalue weighted by Gasteiger charge is 2.17. The monoisotopic (exact) mass is 291 g/mol. The molecule has 0 saturated heterocycles. The summed E-state index contributed by atoms with van der Waals surface area (Å²) in [6.07, 6.45) is 2.98. The molecule has 102 valence electrons. The zero-order chi connectivity index (χ0) is 14.2. The van der Waals surface area contributed by atoms with Gasteiger partial charge < -0.3 is 5.11 Å². The van der Waals surface area contributed by atoms with E-state index >= 15 is 0 Å². The molecule has 1 atom stereocenters. The second kappa shape index (κ2) is 4.95. The van der Waals surface area contributed by atoms with Crippen LogP contribution in [0.4, 0.5) is 0 Å². The summed E-state index contributed by atoms with van der Waals surface area (Å²) >= 11 is 1.67. The summed E-state index contributed by atoms with van der Waals surface area (Å²) in [5.41, 5.74) is 1.90. The van der Waals surface area contributed by atoms with Gasteiger partial charge in [-0.25, -0.2) is 0 Å². The predicted molar refractivity (Wildman–Crippen MR) is 87.6 cm³/mol. The Bertz CT molecular complexity index is 923. The third-order valence-electron chi connectivity index (χ3n) is 3.81. The van der Waals surface area contributed by atoms with Crippen LogP contribution in [0.2, 0.25) is 0 Å². The van der Waals surface area contributed by atoms with Crippen LogP contribution >= 0.6 is 11.3 Å². The third kappa shape index (κ3) is 2.02. The van der Waals surface area contributed by atoms with E-state index in [9.17, 15) is 5.11 Å². The van der Waals surface area contributed by atoms with Gasteiger partial charge in [0.2, 0.25) is 0 Å². The Hall–Kier alpha value is -2.23. The van der Waals surface area contributed by atoms with Crippen molar-refractivity contribution >= 4 is 32.2 Å². The summed E-state index contributed by atoms with van der Waals surface area (Å²) < 4.78 is 1.20. The molecule has 2 heterocycles. The number of thiophene rings is 1. The molecule has 0 bridgehead atoms. The number of pyridine rings is 1. The van der Waals surface area contributed by atoms with Gasteiger partial charge in [-0.15, -0.1) is 11.3 Å². The third-order valence-corrected chi connectivity index (χ3v) is 4.80. The molecule has 1 N–H and O–H groups in total. The van der Waals surface area contributed by atoms with Crippen molar-refractivity contribution in [2.45, 2.75) is 6.10 Å². The number of aliphatic hydroxyl groups is 1. The molecule has 21 heavy (non-hydrogen) atoms. The molecule has 0 saturated carbocycles. The molecule has 0 aliphatic carbocycles. The number of fused-ring (bicyclic) bond motifs is 2. The fourth-order valence-electron chi connectivity index (χ4n) is 2.76. The van der Waals surface area contributed by atoms with Crippen LogP contribution < -0.4 is 0 Å². The average Bonchev–Trinajstić information content (AvgIpc) is 2.98. The van der Waals surface area contributed by atoms with Crippen LogP contribution in [-0.2, 0) is 0 Å². The minimum atomic E-state index is -0.618. The van der Waals surface area contributed by atoms with E-state index < -0.39 is 6.10 Å². The minimum Gasteiger partial charge on any atom is -0.384 e. The number of aliphatic hydroxyl groups excluding tert-OH is 1. The Morgan fingerprint density at radius 2 is 1.81 bits per heavy atom. The Balaban J connectivity index is 1.92. The summed E-state index contributed by atoms with van der Waals surface area (Å²) in [6, 6.07) is 16.1. The van der Waals surface area contributed by atoms with Gasteiger partial charge in [0.25, 0.3) is 0 Å². The number of aromatic nitrogens is 1. The summed E-state index contributed by atoms with van der Waals surface area (Å²) in [5.74, 6) is 0. The maximum absolute atomic E-state index is 10.9. The molecule has 2 aromatic carbocycles. The van der Waals surface area contributed by atoms with Crippen LogP contribution in [0, 0.1) is 0 Å². The average molecular weight is 291 g/mol. The Morgan fingerprint density at radius 3 is 2.76 bits per heavy atom. The van der Waals surface area contributed by atoms with Gasteiger partial charge in [0.05, 0.1) is 0 Å². The van der Waals surface area contributed by atoms with E-state index in [1.807, 2.05) is 42.6 Å². The zero-order valence-electron chi connectivity index (χ0n) is 11.2. The Morgan fingerprint density at radius 1 is 0.905 bits per heavy atom. The molecule has 4 rings (SSSR count). The first-order chi connectivity index (χ1) is 10.3. The highest BCUT2D eigenvalue weighted by molar-refractivity contribution is 7.17. The lowest BCUT2D eigenvalue weighted by Gasteiger charge is -2.13. The highest BCUT2D eigenvalue weighted by Crippen LogP contribution is 2.35. The molecule has 0 aliphatic heterocycles. The fourth-order valence-corrected chi connectivity index (χ4v) is 3.74. The molecule has 0 fully saturated rings. The van der Waals surface area contributed by atoms with E-state index in [-0.39, 0.29) is 0 Å². The number of hydrogen-bond acceptors (Lipinski definition) is 3. The molecule has 4 aromatic rings. The summed E-state index contributed by atoms with van der Waals surface area (Å²) in [5, 5.41) is 16.1. The van der Waals surface area contributed by atoms with E-state index in [4.69, 9.17) is 0 Å². The second-order valence-electron chi connectivity index (χ2n) is 5.03. The normalized spacial score (nSPS) is 12.8. The van der Waals surface area contributed by atoms with Gasteiger partial charge >= 0.3 is 0 Å². The van der Waals surface area contributed by atoms with Gasteiger partial charge in [-0.1, -0.05) is 36.4 Å². The van der Waals surface area contributed by atoms with Gasteiger partial charge in [-0.2, -0.15) is 0 Å². The smallest absolute Gasteiger partial charge is 0.106 e. The van der Waals surface area contributed by atoms with Crippen LogP contribution in [0.25, 0.3) is 20.9 Å². The molecule has 3 heteroatoms. The van der Waals surface area contributed by atoms with Crippen molar-refractivity contribution in [1.82, 2.24) is 4.98 Å². The summed E-state index contributed by atoms with van der Waals surface area (Å²) in [4.78, 5) is 4.15. The molecule has 0 amide bonds. The fraction of sp³-hybridized carbons (Fsp3) is 0.0556. The number of benzene rings is 2. The van der Waals surface area contributed by atoms with Crippen molar-refractivity contribution in [1.29, 1.82) is 0 Å². The van der Waals surface area contributed by atoms with Gasteiger partial charge in [-0.3, -0.25) is 4.98 Å². The van der Waals surface area contributed by atoms with Crippen molar-refractivity contribution < 1.29 is 5.11 Å². The van der Waals surface area contributed by atoms with Crippen LogP contribution in [0.15, 0.2) is 66.3 Å². The van der Waals surface area contributed by atoms with E-state index in [2.05, 4.69) is 22.5 Å². The molecular weight excluding hydrogens is 278 g/mol. The van der Waals surface area contributed by atoms with Crippen molar-refractivity contribution in [3.63, 3.8) is 0 Å². The van der Waals surface area contributed by atoms with Crippen molar-refractivity contribution in [3.05, 3.63) is 77.4 Å². The Kier molecular flexibility index (Phi) is 2.95. The SMILES string of the molecule is OC(c1cccc2cnccc12)c1csc2ccccc12. The lowest BCUT2D eigenvalue weighted by Crippen LogP contribution is -1.99. The summed E-state index contributed by atoms with van der Waals surface area (Å²) in [7, 11) is 0. The van der Waals surface area contributed by atoms with E-state index in [0.29, 0.717) is 0 Å². The van der Waals surface area contributed by atoms with Crippen molar-refractivity contribution in [2.75, 3.05) is 0 Å². The molecule has 2 aromatic heterocycles. The standard InChI is InChI=1S/C18H13NOS/c20-18(16-11-21-17-7-2-1-5-14(16)17)15-6-3-4-12-10-19-9-8-13(12)15/h1-11,18,20H. The van der Waals surface area contributed by atoms with Crippen LogP contribution in [0.3, 0.4) is 0 Å². The number of rotatable bonds is 2. The van der Waals surface area contributed by atoms with Gasteiger partial charge in [0.15, 0.2) is 0 Å². The number of hydrogen-bond donors (Lipinski definition) is 1. The quantitative estimate of drug-likeness (QED) is 0.588. The molecule has 1 unspecified atom stereocenters. The highest BCUT2D eigenvalue weighted by atomic mass is 32.1.